The predicted molar refractivity (Wildman–Crippen MR) is 54.3 cm³/mol. The zero-order valence-corrected chi connectivity index (χ0v) is 9.20. The molecule has 0 bridgehead atoms. The summed E-state index contributed by atoms with van der Waals surface area (Å²) < 4.78 is 0. The van der Waals surface area contributed by atoms with E-state index in [1.165, 1.54) is 19.4 Å². The molecule has 1 rings (SSSR count). The van der Waals surface area contributed by atoms with Gasteiger partial charge in [0.2, 0.25) is 0 Å². The summed E-state index contributed by atoms with van der Waals surface area (Å²) in [7, 11) is 0. The normalized spacial score (nSPS) is 36.8. The highest BCUT2D eigenvalue weighted by molar-refractivity contribution is 5.03. The van der Waals surface area contributed by atoms with Crippen molar-refractivity contribution in [2.24, 2.45) is 11.3 Å². The van der Waals surface area contributed by atoms with Gasteiger partial charge in [0.15, 0.2) is 0 Å². The first-order valence-electron chi connectivity index (χ1n) is 5.19. The summed E-state index contributed by atoms with van der Waals surface area (Å²) in [5, 5.41) is 3.60. The molecule has 1 heterocycles. The molecule has 2 atom stereocenters. The Hall–Kier alpha value is -0.0400. The van der Waals surface area contributed by atoms with Gasteiger partial charge in [-0.25, -0.2) is 0 Å². The van der Waals surface area contributed by atoms with Crippen LogP contribution < -0.4 is 5.32 Å². The van der Waals surface area contributed by atoms with Crippen LogP contribution in [-0.2, 0) is 0 Å². The van der Waals surface area contributed by atoms with Crippen molar-refractivity contribution < 1.29 is 0 Å². The van der Waals surface area contributed by atoms with E-state index in [2.05, 4.69) is 39.9 Å². The Morgan fingerprint density at radius 1 is 1.33 bits per heavy atom. The average Bonchev–Trinajstić information content (AvgIpc) is 2.26. The largest absolute Gasteiger partial charge is 0.311 e. The van der Waals surface area contributed by atoms with Crippen LogP contribution in [0.25, 0.3) is 0 Å². The van der Waals surface area contributed by atoms with Crippen LogP contribution in [0.5, 0.6) is 0 Å². The van der Waals surface area contributed by atoms with Crippen molar-refractivity contribution in [1.82, 2.24) is 5.32 Å². The molecule has 72 valence electrons. The third-order valence-electron chi connectivity index (χ3n) is 4.34. The van der Waals surface area contributed by atoms with E-state index >= 15 is 0 Å². The molecule has 0 saturated carbocycles. The Bertz CT molecular complexity index is 162. The molecular weight excluding hydrogens is 146 g/mol. The van der Waals surface area contributed by atoms with Crippen LogP contribution in [0.15, 0.2) is 0 Å². The molecular formula is C11H23N. The minimum atomic E-state index is 0.322. The topological polar surface area (TPSA) is 12.0 Å². The molecule has 0 aromatic rings. The first-order valence-corrected chi connectivity index (χ1v) is 5.19. The Balaban J connectivity index is 2.82. The number of nitrogens with one attached hydrogen (secondary N) is 1. The van der Waals surface area contributed by atoms with Gasteiger partial charge in [-0.05, 0) is 38.1 Å². The Morgan fingerprint density at radius 2 is 1.92 bits per heavy atom. The molecule has 12 heavy (non-hydrogen) atoms. The van der Waals surface area contributed by atoms with Crippen LogP contribution in [0, 0.1) is 11.3 Å². The summed E-state index contributed by atoms with van der Waals surface area (Å²) in [5.74, 6) is 0.822. The van der Waals surface area contributed by atoms with Gasteiger partial charge in [0, 0.05) is 5.54 Å². The van der Waals surface area contributed by atoms with Crippen molar-refractivity contribution in [2.45, 2.75) is 53.0 Å². The van der Waals surface area contributed by atoms with E-state index in [1.54, 1.807) is 0 Å². The fourth-order valence-corrected chi connectivity index (χ4v) is 2.46. The molecule has 1 heteroatoms. The molecule has 1 aliphatic heterocycles. The Labute approximate surface area is 76.9 Å². The molecule has 1 fully saturated rings. The molecule has 0 spiro atoms. The van der Waals surface area contributed by atoms with Gasteiger partial charge in [-0.1, -0.05) is 27.2 Å². The summed E-state index contributed by atoms with van der Waals surface area (Å²) in [6.07, 6.45) is 2.62. The molecule has 2 unspecified atom stereocenters. The van der Waals surface area contributed by atoms with Crippen molar-refractivity contribution >= 4 is 0 Å². The van der Waals surface area contributed by atoms with E-state index < -0.39 is 0 Å². The van der Waals surface area contributed by atoms with Crippen molar-refractivity contribution in [3.05, 3.63) is 0 Å². The molecule has 0 radical (unpaired) electrons. The highest BCUT2D eigenvalue weighted by Crippen LogP contribution is 2.46. The van der Waals surface area contributed by atoms with Gasteiger partial charge in [-0.15, -0.1) is 0 Å². The Kier molecular flexibility index (Phi) is 2.53. The van der Waals surface area contributed by atoms with Crippen LogP contribution in [0.2, 0.25) is 0 Å². The van der Waals surface area contributed by atoms with E-state index in [4.69, 9.17) is 0 Å². The molecule has 0 aromatic heterocycles. The minimum Gasteiger partial charge on any atom is -0.311 e. The van der Waals surface area contributed by atoms with Gasteiger partial charge in [0.1, 0.15) is 0 Å². The van der Waals surface area contributed by atoms with Gasteiger partial charge in [0.25, 0.3) is 0 Å². The summed E-state index contributed by atoms with van der Waals surface area (Å²) in [4.78, 5) is 0. The van der Waals surface area contributed by atoms with Gasteiger partial charge < -0.3 is 5.32 Å². The maximum Gasteiger partial charge on any atom is 0.0181 e. The highest BCUT2D eigenvalue weighted by Gasteiger charge is 2.47. The summed E-state index contributed by atoms with van der Waals surface area (Å²) in [6, 6.07) is 0. The lowest BCUT2D eigenvalue weighted by molar-refractivity contribution is 0.112. The first-order chi connectivity index (χ1) is 5.44. The lowest BCUT2D eigenvalue weighted by atomic mass is 9.65. The fraction of sp³-hybridized carbons (Fsp3) is 1.00. The maximum absolute atomic E-state index is 3.60. The van der Waals surface area contributed by atoms with Gasteiger partial charge >= 0.3 is 0 Å². The smallest absolute Gasteiger partial charge is 0.0181 e. The zero-order valence-electron chi connectivity index (χ0n) is 9.20. The fourth-order valence-electron chi connectivity index (χ4n) is 2.46. The van der Waals surface area contributed by atoms with Crippen molar-refractivity contribution in [2.75, 3.05) is 6.54 Å². The van der Waals surface area contributed by atoms with Crippen molar-refractivity contribution in [3.8, 4) is 0 Å². The third-order valence-corrected chi connectivity index (χ3v) is 4.34. The lowest BCUT2D eigenvalue weighted by Crippen LogP contribution is -2.48. The van der Waals surface area contributed by atoms with Gasteiger partial charge in [-0.3, -0.25) is 0 Å². The molecule has 0 aliphatic carbocycles. The van der Waals surface area contributed by atoms with Gasteiger partial charge in [-0.2, -0.15) is 0 Å². The average molecular weight is 169 g/mol. The quantitative estimate of drug-likeness (QED) is 0.670. The van der Waals surface area contributed by atoms with Crippen LogP contribution in [0.4, 0.5) is 0 Å². The van der Waals surface area contributed by atoms with Gasteiger partial charge in [0.05, 0.1) is 0 Å². The molecule has 1 nitrogen and oxygen atoms in total. The number of hydrogen-bond donors (Lipinski definition) is 1. The van der Waals surface area contributed by atoms with E-state index in [9.17, 15) is 0 Å². The first kappa shape index (κ1) is 10.0. The lowest BCUT2D eigenvalue weighted by Gasteiger charge is -2.42. The van der Waals surface area contributed by atoms with E-state index in [0.717, 1.165) is 5.92 Å². The van der Waals surface area contributed by atoms with E-state index in [0.29, 0.717) is 11.0 Å². The van der Waals surface area contributed by atoms with E-state index in [-0.39, 0.29) is 0 Å². The van der Waals surface area contributed by atoms with Crippen LogP contribution >= 0.6 is 0 Å². The van der Waals surface area contributed by atoms with Crippen LogP contribution in [0.3, 0.4) is 0 Å². The maximum atomic E-state index is 3.60. The predicted octanol–water partition coefficient (Wildman–Crippen LogP) is 2.81. The highest BCUT2D eigenvalue weighted by atomic mass is 15.0. The second-order valence-corrected chi connectivity index (χ2v) is 5.03. The SMILES string of the molecule is CCC(C)C1(C)CCNC1(C)C. The second kappa shape index (κ2) is 3.02. The molecule has 1 N–H and O–H groups in total. The second-order valence-electron chi connectivity index (χ2n) is 5.03. The molecule has 1 saturated heterocycles. The summed E-state index contributed by atoms with van der Waals surface area (Å²) in [5.41, 5.74) is 0.810. The van der Waals surface area contributed by atoms with Crippen LogP contribution in [0.1, 0.15) is 47.5 Å². The Morgan fingerprint density at radius 3 is 2.25 bits per heavy atom. The zero-order chi connectivity index (χ0) is 9.41. The van der Waals surface area contributed by atoms with Crippen molar-refractivity contribution in [1.29, 1.82) is 0 Å². The summed E-state index contributed by atoms with van der Waals surface area (Å²) >= 11 is 0. The molecule has 0 aromatic carbocycles. The third kappa shape index (κ3) is 1.28. The van der Waals surface area contributed by atoms with Crippen LogP contribution in [-0.4, -0.2) is 12.1 Å². The van der Waals surface area contributed by atoms with Crippen molar-refractivity contribution in [3.63, 3.8) is 0 Å². The minimum absolute atomic E-state index is 0.322. The molecule has 1 aliphatic rings. The standard InChI is InChI=1S/C11H23N/c1-6-9(2)11(5)7-8-12-10(11,3)4/h9,12H,6-8H2,1-5H3. The molecule has 0 amide bonds. The van der Waals surface area contributed by atoms with E-state index in [1.807, 2.05) is 0 Å². The monoisotopic (exact) mass is 169 g/mol. The number of rotatable bonds is 2. The number of hydrogen-bond acceptors (Lipinski definition) is 1. The summed E-state index contributed by atoms with van der Waals surface area (Å²) in [6.45, 7) is 13.0.